The topological polar surface area (TPSA) is 108 Å². The number of anilines is 1. The van der Waals surface area contributed by atoms with Gasteiger partial charge in [-0.15, -0.1) is 0 Å². The Morgan fingerprint density at radius 3 is 2.57 bits per heavy atom. The zero-order valence-corrected chi connectivity index (χ0v) is 15.6. The van der Waals surface area contributed by atoms with E-state index in [4.69, 9.17) is 0 Å². The summed E-state index contributed by atoms with van der Waals surface area (Å²) in [5.74, 6) is -1.93. The molecule has 9 heteroatoms. The molecule has 1 aliphatic heterocycles. The van der Waals surface area contributed by atoms with Crippen LogP contribution in [-0.2, 0) is 9.59 Å². The molecule has 1 atom stereocenters. The van der Waals surface area contributed by atoms with Crippen LogP contribution in [0.1, 0.15) is 39.0 Å². The summed E-state index contributed by atoms with van der Waals surface area (Å²) in [5, 5.41) is 6.92. The van der Waals surface area contributed by atoms with Gasteiger partial charge in [-0.3, -0.25) is 19.8 Å². The number of benzene rings is 1. The molecule has 0 bridgehead atoms. The van der Waals surface area contributed by atoms with E-state index in [0.717, 1.165) is 43.1 Å². The number of imide groups is 2. The minimum Gasteiger partial charge on any atom is -0.323 e. The number of carbonyl (C=O) groups is 4. The Balaban J connectivity index is 1.59. The van der Waals surface area contributed by atoms with Gasteiger partial charge in [0.15, 0.2) is 0 Å². The summed E-state index contributed by atoms with van der Waals surface area (Å²) in [6, 6.07) is 3.90. The molecule has 2 aliphatic rings. The fourth-order valence-electron chi connectivity index (χ4n) is 3.84. The first-order chi connectivity index (χ1) is 13.3. The second-order valence-corrected chi connectivity index (χ2v) is 7.34. The lowest BCUT2D eigenvalue weighted by molar-refractivity contribution is -0.136. The fraction of sp³-hybridized carbons (Fsp3) is 0.474. The molecule has 3 N–H and O–H groups in total. The average Bonchev–Trinajstić information content (AvgIpc) is 2.88. The van der Waals surface area contributed by atoms with E-state index in [1.807, 2.05) is 5.32 Å². The van der Waals surface area contributed by atoms with E-state index in [0.29, 0.717) is 0 Å². The van der Waals surface area contributed by atoms with Gasteiger partial charge in [0.2, 0.25) is 5.91 Å². The molecule has 3 rings (SSSR count). The maximum absolute atomic E-state index is 13.5. The van der Waals surface area contributed by atoms with Crippen molar-refractivity contribution in [1.82, 2.24) is 15.5 Å². The molecule has 1 aromatic rings. The molecular formula is C19H23FN4O4. The van der Waals surface area contributed by atoms with Crippen LogP contribution in [0.2, 0.25) is 0 Å². The van der Waals surface area contributed by atoms with Crippen molar-refractivity contribution in [2.24, 2.45) is 5.92 Å². The number of nitrogens with zero attached hydrogens (tertiary/aromatic N) is 1. The average molecular weight is 390 g/mol. The third-order valence-electron chi connectivity index (χ3n) is 5.40. The highest BCUT2D eigenvalue weighted by Gasteiger charge is 2.52. The number of amides is 6. The van der Waals surface area contributed by atoms with Crippen LogP contribution in [0.25, 0.3) is 0 Å². The zero-order chi connectivity index (χ0) is 20.3. The van der Waals surface area contributed by atoms with E-state index in [9.17, 15) is 23.6 Å². The molecule has 8 nitrogen and oxygen atoms in total. The lowest BCUT2D eigenvalue weighted by Crippen LogP contribution is -2.51. The highest BCUT2D eigenvalue weighted by atomic mass is 19.1. The Hall–Kier alpha value is -2.97. The normalized spacial score (nSPS) is 22.7. The molecule has 28 heavy (non-hydrogen) atoms. The number of carbonyl (C=O) groups excluding carboxylic acids is 4. The van der Waals surface area contributed by atoms with Crippen LogP contribution in [0.4, 0.5) is 19.7 Å². The predicted molar refractivity (Wildman–Crippen MR) is 98.8 cm³/mol. The lowest BCUT2D eigenvalue weighted by Gasteiger charge is -2.34. The van der Waals surface area contributed by atoms with Gasteiger partial charge in [-0.1, -0.05) is 31.4 Å². The fourth-order valence-corrected chi connectivity index (χ4v) is 3.84. The van der Waals surface area contributed by atoms with E-state index < -0.39 is 41.8 Å². The predicted octanol–water partition coefficient (Wildman–Crippen LogP) is 2.36. The third-order valence-corrected chi connectivity index (χ3v) is 5.40. The smallest absolute Gasteiger partial charge is 0.323 e. The summed E-state index contributed by atoms with van der Waals surface area (Å²) in [6.45, 7) is 1.10. The van der Waals surface area contributed by atoms with Crippen LogP contribution < -0.4 is 16.0 Å². The minimum atomic E-state index is -1.03. The van der Waals surface area contributed by atoms with Crippen molar-refractivity contribution in [3.8, 4) is 0 Å². The van der Waals surface area contributed by atoms with Gasteiger partial charge in [-0.2, -0.15) is 0 Å². The van der Waals surface area contributed by atoms with Crippen molar-refractivity contribution in [2.75, 3.05) is 11.9 Å². The Kier molecular flexibility index (Phi) is 5.62. The summed E-state index contributed by atoms with van der Waals surface area (Å²) in [6.07, 6.45) is 4.79. The van der Waals surface area contributed by atoms with Crippen molar-refractivity contribution < 1.29 is 23.6 Å². The van der Waals surface area contributed by atoms with Crippen LogP contribution in [0.15, 0.2) is 24.3 Å². The monoisotopic (exact) mass is 390 g/mol. The Bertz CT molecular complexity index is 809. The molecule has 1 aromatic carbocycles. The van der Waals surface area contributed by atoms with E-state index >= 15 is 0 Å². The molecule has 2 fully saturated rings. The third kappa shape index (κ3) is 3.97. The van der Waals surface area contributed by atoms with Gasteiger partial charge in [-0.25, -0.2) is 14.0 Å². The molecule has 1 aliphatic carbocycles. The molecule has 0 unspecified atom stereocenters. The maximum Gasteiger partial charge on any atom is 0.326 e. The zero-order valence-electron chi connectivity index (χ0n) is 15.6. The second kappa shape index (κ2) is 7.95. The van der Waals surface area contributed by atoms with Crippen molar-refractivity contribution >= 4 is 29.6 Å². The Labute approximate surface area is 161 Å². The standard InChI is InChI=1S/C19H23FN4O4/c1-19(12-7-3-2-4-8-12)16(26)24(18(28)23-19)11-15(25)22-17(27)21-14-10-6-5-9-13(14)20/h5-6,9-10,12H,2-4,7-8,11H2,1H3,(H,23,28)(H2,21,22,25,27)/t19-/m0/s1. The quantitative estimate of drug-likeness (QED) is 0.686. The summed E-state index contributed by atoms with van der Waals surface area (Å²) in [5.41, 5.74) is -1.12. The first-order valence-corrected chi connectivity index (χ1v) is 9.30. The highest BCUT2D eigenvalue weighted by Crippen LogP contribution is 2.36. The first-order valence-electron chi connectivity index (χ1n) is 9.30. The van der Waals surface area contributed by atoms with Gasteiger partial charge in [0.1, 0.15) is 17.9 Å². The minimum absolute atomic E-state index is 0.0233. The van der Waals surface area contributed by atoms with Gasteiger partial charge >= 0.3 is 12.1 Å². The van der Waals surface area contributed by atoms with Gasteiger partial charge < -0.3 is 10.6 Å². The van der Waals surface area contributed by atoms with Crippen molar-refractivity contribution in [1.29, 1.82) is 0 Å². The number of hydrogen-bond acceptors (Lipinski definition) is 4. The largest absolute Gasteiger partial charge is 0.326 e. The Morgan fingerprint density at radius 1 is 1.21 bits per heavy atom. The van der Waals surface area contributed by atoms with E-state index in [1.54, 1.807) is 6.92 Å². The molecule has 1 saturated carbocycles. The van der Waals surface area contributed by atoms with Crippen LogP contribution in [0.5, 0.6) is 0 Å². The molecule has 0 radical (unpaired) electrons. The molecule has 0 aromatic heterocycles. The van der Waals surface area contributed by atoms with Gasteiger partial charge in [0.05, 0.1) is 5.69 Å². The van der Waals surface area contributed by atoms with Crippen molar-refractivity contribution in [3.05, 3.63) is 30.1 Å². The highest BCUT2D eigenvalue weighted by molar-refractivity contribution is 6.10. The number of hydrogen-bond donors (Lipinski definition) is 3. The number of nitrogens with one attached hydrogen (secondary N) is 3. The molecule has 0 spiro atoms. The first kappa shape index (κ1) is 19.8. The second-order valence-electron chi connectivity index (χ2n) is 7.34. The van der Waals surface area contributed by atoms with E-state index in [1.165, 1.54) is 18.2 Å². The van der Waals surface area contributed by atoms with Crippen molar-refractivity contribution in [3.63, 3.8) is 0 Å². The van der Waals surface area contributed by atoms with Gasteiger partial charge in [-0.05, 0) is 37.8 Å². The molecule has 150 valence electrons. The van der Waals surface area contributed by atoms with Gasteiger partial charge in [0, 0.05) is 0 Å². The number of rotatable bonds is 4. The summed E-state index contributed by atoms with van der Waals surface area (Å²) in [7, 11) is 0. The summed E-state index contributed by atoms with van der Waals surface area (Å²) >= 11 is 0. The summed E-state index contributed by atoms with van der Waals surface area (Å²) in [4.78, 5) is 49.9. The molecule has 1 heterocycles. The summed E-state index contributed by atoms with van der Waals surface area (Å²) < 4.78 is 13.5. The van der Waals surface area contributed by atoms with E-state index in [-0.39, 0.29) is 11.6 Å². The van der Waals surface area contributed by atoms with Crippen LogP contribution in [0, 0.1) is 11.7 Å². The maximum atomic E-state index is 13.5. The molecule has 1 saturated heterocycles. The van der Waals surface area contributed by atoms with Crippen LogP contribution in [0.3, 0.4) is 0 Å². The molecule has 6 amide bonds. The van der Waals surface area contributed by atoms with Gasteiger partial charge in [0.25, 0.3) is 5.91 Å². The van der Waals surface area contributed by atoms with Crippen LogP contribution >= 0.6 is 0 Å². The Morgan fingerprint density at radius 2 is 1.89 bits per heavy atom. The van der Waals surface area contributed by atoms with Crippen LogP contribution in [-0.4, -0.2) is 40.9 Å². The number of para-hydroxylation sites is 1. The number of urea groups is 2. The van der Waals surface area contributed by atoms with Crippen molar-refractivity contribution in [2.45, 2.75) is 44.6 Å². The number of halogens is 1. The molecular weight excluding hydrogens is 367 g/mol. The van der Waals surface area contributed by atoms with E-state index in [2.05, 4.69) is 10.6 Å². The lowest BCUT2D eigenvalue weighted by atomic mass is 9.75. The SMILES string of the molecule is C[C@@]1(C2CCCCC2)NC(=O)N(CC(=O)NC(=O)Nc2ccccc2F)C1=O.